The lowest BCUT2D eigenvalue weighted by atomic mass is 9.99. The Balaban J connectivity index is 2.00. The van der Waals surface area contributed by atoms with Gasteiger partial charge in [0.05, 0.1) is 22.3 Å². The second-order valence-corrected chi connectivity index (χ2v) is 9.98. The molecule has 24 heavy (non-hydrogen) atoms. The van der Waals surface area contributed by atoms with Crippen LogP contribution in [-0.4, -0.2) is 34.2 Å². The molecular weight excluding hydrogens is 352 g/mol. The Morgan fingerprint density at radius 1 is 1.29 bits per heavy atom. The van der Waals surface area contributed by atoms with Gasteiger partial charge in [-0.15, -0.1) is 4.83 Å². The van der Waals surface area contributed by atoms with Gasteiger partial charge in [-0.05, 0) is 36.5 Å². The van der Waals surface area contributed by atoms with Gasteiger partial charge in [0.1, 0.15) is 0 Å². The third kappa shape index (κ3) is 4.55. The second kappa shape index (κ2) is 7.20. The summed E-state index contributed by atoms with van der Waals surface area (Å²) in [6.07, 6.45) is 1.16. The van der Waals surface area contributed by atoms with Crippen molar-refractivity contribution in [2.75, 3.05) is 11.5 Å². The molecule has 0 unspecified atom stereocenters. The van der Waals surface area contributed by atoms with Crippen molar-refractivity contribution in [3.8, 4) is 0 Å². The van der Waals surface area contributed by atoms with E-state index in [1.54, 1.807) is 12.1 Å². The normalized spacial score (nSPS) is 21.3. The molecule has 0 saturated carbocycles. The van der Waals surface area contributed by atoms with E-state index in [9.17, 15) is 21.6 Å². The third-order valence-electron chi connectivity index (χ3n) is 4.28. The molecule has 134 valence electrons. The van der Waals surface area contributed by atoms with Gasteiger partial charge in [0.2, 0.25) is 5.91 Å². The number of carbonyl (C=O) groups excluding carboxylic acids is 1. The summed E-state index contributed by atoms with van der Waals surface area (Å²) >= 11 is 0. The maximum absolute atomic E-state index is 12.2. The SMILES string of the molecule is CC[C@@H](C)c1ccc(S(=O)(=O)NNC(=O)[C@@H]2CCS(=O)(=O)C2)cc1. The Kier molecular flexibility index (Phi) is 5.67. The average molecular weight is 374 g/mol. The third-order valence-corrected chi connectivity index (χ3v) is 7.32. The highest BCUT2D eigenvalue weighted by molar-refractivity contribution is 7.91. The standard InChI is InChI=1S/C15H22N2O5S2/c1-3-11(2)12-4-6-14(7-5-12)24(21,22)17-16-15(18)13-8-9-23(19,20)10-13/h4-7,11,13,17H,3,8-10H2,1-2H3,(H,16,18)/t11-,13-/m1/s1. The highest BCUT2D eigenvalue weighted by Crippen LogP contribution is 2.21. The minimum absolute atomic E-state index is 0.0360. The number of benzene rings is 1. The lowest BCUT2D eigenvalue weighted by molar-refractivity contribution is -0.124. The first kappa shape index (κ1) is 18.9. The Bertz CT molecular complexity index is 801. The molecule has 0 bridgehead atoms. The van der Waals surface area contributed by atoms with Crippen LogP contribution in [0, 0.1) is 5.92 Å². The molecule has 2 rings (SSSR count). The number of sulfonamides is 1. The summed E-state index contributed by atoms with van der Waals surface area (Å²) in [6, 6.07) is 6.45. The van der Waals surface area contributed by atoms with E-state index in [1.165, 1.54) is 12.1 Å². The van der Waals surface area contributed by atoms with E-state index >= 15 is 0 Å². The molecule has 1 fully saturated rings. The van der Waals surface area contributed by atoms with E-state index in [4.69, 9.17) is 0 Å². The molecule has 1 amide bonds. The molecule has 1 saturated heterocycles. The Labute approximate surface area is 142 Å². The zero-order valence-corrected chi connectivity index (χ0v) is 15.3. The molecule has 1 aliphatic heterocycles. The molecule has 2 N–H and O–H groups in total. The number of rotatable bonds is 6. The molecule has 7 nitrogen and oxygen atoms in total. The zero-order chi connectivity index (χ0) is 18.0. The number of hydrogen-bond acceptors (Lipinski definition) is 5. The number of nitrogens with one attached hydrogen (secondary N) is 2. The fourth-order valence-electron chi connectivity index (χ4n) is 2.49. The molecule has 0 spiro atoms. The fraction of sp³-hybridized carbons (Fsp3) is 0.533. The molecule has 0 radical (unpaired) electrons. The lowest BCUT2D eigenvalue weighted by Crippen LogP contribution is -2.44. The molecular formula is C15H22N2O5S2. The topological polar surface area (TPSA) is 109 Å². The fourth-order valence-corrected chi connectivity index (χ4v) is 5.08. The van der Waals surface area contributed by atoms with E-state index in [0.29, 0.717) is 5.92 Å². The first-order valence-corrected chi connectivity index (χ1v) is 11.1. The van der Waals surface area contributed by atoms with E-state index in [1.807, 2.05) is 4.83 Å². The summed E-state index contributed by atoms with van der Waals surface area (Å²) in [4.78, 5) is 13.9. The number of sulfone groups is 1. The van der Waals surface area contributed by atoms with Crippen LogP contribution >= 0.6 is 0 Å². The molecule has 1 aromatic rings. The van der Waals surface area contributed by atoms with Crippen molar-refractivity contribution >= 4 is 25.8 Å². The van der Waals surface area contributed by atoms with Crippen molar-refractivity contribution in [1.29, 1.82) is 0 Å². The number of hydrogen-bond donors (Lipinski definition) is 2. The highest BCUT2D eigenvalue weighted by Gasteiger charge is 2.33. The molecule has 1 aliphatic rings. The minimum atomic E-state index is -3.89. The first-order valence-electron chi connectivity index (χ1n) is 7.76. The van der Waals surface area contributed by atoms with E-state index in [-0.39, 0.29) is 22.8 Å². The average Bonchev–Trinajstić information content (AvgIpc) is 2.92. The van der Waals surface area contributed by atoms with Crippen LogP contribution in [-0.2, 0) is 24.7 Å². The maximum atomic E-state index is 12.2. The van der Waals surface area contributed by atoms with Gasteiger partial charge in [0, 0.05) is 0 Å². The van der Waals surface area contributed by atoms with Gasteiger partial charge in [-0.2, -0.15) is 0 Å². The van der Waals surface area contributed by atoms with Crippen LogP contribution in [0.1, 0.15) is 38.2 Å². The first-order chi connectivity index (χ1) is 11.1. The van der Waals surface area contributed by atoms with Crippen LogP contribution in [0.25, 0.3) is 0 Å². The summed E-state index contributed by atoms with van der Waals surface area (Å²) in [7, 11) is -7.09. The van der Waals surface area contributed by atoms with Gasteiger partial charge in [-0.3, -0.25) is 10.2 Å². The molecule has 1 heterocycles. The van der Waals surface area contributed by atoms with Crippen molar-refractivity contribution in [3.63, 3.8) is 0 Å². The minimum Gasteiger partial charge on any atom is -0.277 e. The Hall–Kier alpha value is -1.45. The van der Waals surface area contributed by atoms with Crippen LogP contribution in [0.2, 0.25) is 0 Å². The molecule has 0 aliphatic carbocycles. The van der Waals surface area contributed by atoms with Crippen molar-refractivity contribution in [3.05, 3.63) is 29.8 Å². The second-order valence-electron chi connectivity index (χ2n) is 6.07. The maximum Gasteiger partial charge on any atom is 0.257 e. The summed E-state index contributed by atoms with van der Waals surface area (Å²) in [6.45, 7) is 4.10. The van der Waals surface area contributed by atoms with Gasteiger partial charge in [-0.1, -0.05) is 26.0 Å². The quantitative estimate of drug-likeness (QED) is 0.720. The van der Waals surface area contributed by atoms with Crippen molar-refractivity contribution in [2.24, 2.45) is 5.92 Å². The van der Waals surface area contributed by atoms with Gasteiger partial charge in [0.15, 0.2) is 9.84 Å². The lowest BCUT2D eigenvalue weighted by Gasteiger charge is -2.13. The number of amides is 1. The summed E-state index contributed by atoms with van der Waals surface area (Å²) < 4.78 is 47.1. The van der Waals surface area contributed by atoms with Crippen molar-refractivity contribution in [1.82, 2.24) is 10.3 Å². The Morgan fingerprint density at radius 3 is 2.42 bits per heavy atom. The molecule has 1 aromatic carbocycles. The van der Waals surface area contributed by atoms with Gasteiger partial charge < -0.3 is 0 Å². The van der Waals surface area contributed by atoms with Crippen molar-refractivity contribution in [2.45, 2.75) is 37.5 Å². The van der Waals surface area contributed by atoms with Crippen LogP contribution < -0.4 is 10.3 Å². The summed E-state index contributed by atoms with van der Waals surface area (Å²) in [5.41, 5.74) is 3.15. The van der Waals surface area contributed by atoms with Crippen LogP contribution in [0.15, 0.2) is 29.2 Å². The number of hydrazine groups is 1. The largest absolute Gasteiger partial charge is 0.277 e. The number of carbonyl (C=O) groups is 1. The van der Waals surface area contributed by atoms with Gasteiger partial charge in [0.25, 0.3) is 10.0 Å². The van der Waals surface area contributed by atoms with E-state index < -0.39 is 31.7 Å². The summed E-state index contributed by atoms with van der Waals surface area (Å²) in [5, 5.41) is 0. The molecule has 9 heteroatoms. The smallest absolute Gasteiger partial charge is 0.257 e. The van der Waals surface area contributed by atoms with Gasteiger partial charge in [-0.25, -0.2) is 16.8 Å². The van der Waals surface area contributed by atoms with Crippen LogP contribution in [0.5, 0.6) is 0 Å². The monoisotopic (exact) mass is 374 g/mol. The van der Waals surface area contributed by atoms with Crippen LogP contribution in [0.4, 0.5) is 0 Å². The zero-order valence-electron chi connectivity index (χ0n) is 13.7. The summed E-state index contributed by atoms with van der Waals surface area (Å²) in [5.74, 6) is -1.31. The van der Waals surface area contributed by atoms with Crippen molar-refractivity contribution < 1.29 is 21.6 Å². The highest BCUT2D eigenvalue weighted by atomic mass is 32.2. The molecule has 2 atom stereocenters. The molecule has 0 aromatic heterocycles. The van der Waals surface area contributed by atoms with Gasteiger partial charge >= 0.3 is 0 Å². The van der Waals surface area contributed by atoms with E-state index in [0.717, 1.165) is 12.0 Å². The predicted molar refractivity (Wildman–Crippen MR) is 90.4 cm³/mol. The Morgan fingerprint density at radius 2 is 1.92 bits per heavy atom. The predicted octanol–water partition coefficient (Wildman–Crippen LogP) is 0.944. The van der Waals surface area contributed by atoms with E-state index in [2.05, 4.69) is 19.3 Å². The van der Waals surface area contributed by atoms with Crippen LogP contribution in [0.3, 0.4) is 0 Å².